The van der Waals surface area contributed by atoms with Crippen LogP contribution in [0.2, 0.25) is 0 Å². The van der Waals surface area contributed by atoms with E-state index in [-0.39, 0.29) is 5.91 Å². The summed E-state index contributed by atoms with van der Waals surface area (Å²) in [6.45, 7) is 3.62. The first-order chi connectivity index (χ1) is 12.2. The second-order valence-corrected chi connectivity index (χ2v) is 5.48. The third-order valence-corrected chi connectivity index (χ3v) is 3.60. The third-order valence-electron chi connectivity index (χ3n) is 3.60. The standard InChI is InChI=1S/C20H25NO4/c1-3-24-18-8-6-16(7-9-18)15-21-20(22)5-4-14-25-19-12-10-17(23-2)11-13-19/h6-13H,3-5,14-15H2,1-2H3,(H,21,22). The Hall–Kier alpha value is -2.69. The van der Waals surface area contributed by atoms with Gasteiger partial charge in [-0.05, 0) is 55.3 Å². The van der Waals surface area contributed by atoms with E-state index in [0.29, 0.717) is 32.6 Å². The minimum Gasteiger partial charge on any atom is -0.497 e. The Morgan fingerprint density at radius 1 is 0.920 bits per heavy atom. The molecule has 0 unspecified atom stereocenters. The van der Waals surface area contributed by atoms with Crippen LogP contribution in [0.25, 0.3) is 0 Å². The highest BCUT2D eigenvalue weighted by molar-refractivity contribution is 5.75. The highest BCUT2D eigenvalue weighted by Crippen LogP contribution is 2.17. The number of methoxy groups -OCH3 is 1. The van der Waals surface area contributed by atoms with Crippen molar-refractivity contribution in [1.82, 2.24) is 5.32 Å². The molecule has 1 amide bonds. The Bertz CT molecular complexity index is 638. The fourth-order valence-electron chi connectivity index (χ4n) is 2.25. The zero-order valence-corrected chi connectivity index (χ0v) is 14.8. The molecule has 1 N–H and O–H groups in total. The second-order valence-electron chi connectivity index (χ2n) is 5.48. The molecule has 0 aliphatic carbocycles. The fourth-order valence-corrected chi connectivity index (χ4v) is 2.25. The topological polar surface area (TPSA) is 56.8 Å². The van der Waals surface area contributed by atoms with Crippen LogP contribution in [0.1, 0.15) is 25.3 Å². The summed E-state index contributed by atoms with van der Waals surface area (Å²) >= 11 is 0. The summed E-state index contributed by atoms with van der Waals surface area (Å²) < 4.78 is 16.1. The number of carbonyl (C=O) groups is 1. The summed E-state index contributed by atoms with van der Waals surface area (Å²) in [5.74, 6) is 2.43. The molecule has 0 saturated carbocycles. The van der Waals surface area contributed by atoms with Crippen LogP contribution in [0.3, 0.4) is 0 Å². The first-order valence-corrected chi connectivity index (χ1v) is 8.46. The van der Waals surface area contributed by atoms with E-state index >= 15 is 0 Å². The maximum absolute atomic E-state index is 11.9. The predicted octanol–water partition coefficient (Wildman–Crippen LogP) is 3.57. The van der Waals surface area contributed by atoms with E-state index in [2.05, 4.69) is 5.32 Å². The van der Waals surface area contributed by atoms with Gasteiger partial charge in [0.25, 0.3) is 0 Å². The number of amides is 1. The normalized spacial score (nSPS) is 10.2. The van der Waals surface area contributed by atoms with Gasteiger partial charge in [0, 0.05) is 13.0 Å². The summed E-state index contributed by atoms with van der Waals surface area (Å²) in [6.07, 6.45) is 1.11. The average Bonchev–Trinajstić information content (AvgIpc) is 2.65. The molecule has 0 saturated heterocycles. The van der Waals surface area contributed by atoms with Crippen molar-refractivity contribution in [3.05, 3.63) is 54.1 Å². The Morgan fingerprint density at radius 2 is 1.52 bits per heavy atom. The molecule has 2 aromatic rings. The molecule has 2 aromatic carbocycles. The maximum atomic E-state index is 11.9. The van der Waals surface area contributed by atoms with Gasteiger partial charge in [-0.2, -0.15) is 0 Å². The first-order valence-electron chi connectivity index (χ1n) is 8.46. The van der Waals surface area contributed by atoms with Crippen molar-refractivity contribution in [3.8, 4) is 17.2 Å². The van der Waals surface area contributed by atoms with E-state index < -0.39 is 0 Å². The van der Waals surface area contributed by atoms with E-state index in [9.17, 15) is 4.79 Å². The Labute approximate surface area is 148 Å². The van der Waals surface area contributed by atoms with E-state index in [0.717, 1.165) is 22.8 Å². The highest BCUT2D eigenvalue weighted by atomic mass is 16.5. The van der Waals surface area contributed by atoms with Gasteiger partial charge in [-0.3, -0.25) is 4.79 Å². The molecule has 0 aliphatic rings. The molecule has 2 rings (SSSR count). The number of hydrogen-bond donors (Lipinski definition) is 1. The molecule has 0 aliphatic heterocycles. The molecule has 5 heteroatoms. The summed E-state index contributed by atoms with van der Waals surface area (Å²) in [5.41, 5.74) is 1.05. The minimum absolute atomic E-state index is 0.0206. The van der Waals surface area contributed by atoms with Crippen molar-refractivity contribution in [3.63, 3.8) is 0 Å². The van der Waals surface area contributed by atoms with Gasteiger partial charge in [0.05, 0.1) is 20.3 Å². The van der Waals surface area contributed by atoms with Crippen molar-refractivity contribution in [2.24, 2.45) is 0 Å². The van der Waals surface area contributed by atoms with Gasteiger partial charge in [-0.25, -0.2) is 0 Å². The van der Waals surface area contributed by atoms with E-state index in [1.54, 1.807) is 7.11 Å². The van der Waals surface area contributed by atoms with Gasteiger partial charge >= 0.3 is 0 Å². The molecular weight excluding hydrogens is 318 g/mol. The van der Waals surface area contributed by atoms with E-state index in [1.165, 1.54) is 0 Å². The number of nitrogens with one attached hydrogen (secondary N) is 1. The lowest BCUT2D eigenvalue weighted by atomic mass is 10.2. The molecule has 0 heterocycles. The maximum Gasteiger partial charge on any atom is 0.220 e. The smallest absolute Gasteiger partial charge is 0.220 e. The largest absolute Gasteiger partial charge is 0.497 e. The Morgan fingerprint density at radius 3 is 2.16 bits per heavy atom. The van der Waals surface area contributed by atoms with Crippen LogP contribution < -0.4 is 19.5 Å². The van der Waals surface area contributed by atoms with Crippen LogP contribution in [0, 0.1) is 0 Å². The lowest BCUT2D eigenvalue weighted by Gasteiger charge is -2.08. The molecule has 0 atom stereocenters. The van der Waals surface area contributed by atoms with Crippen molar-refractivity contribution in [1.29, 1.82) is 0 Å². The molecule has 0 fully saturated rings. The summed E-state index contributed by atoms with van der Waals surface area (Å²) in [4.78, 5) is 11.9. The van der Waals surface area contributed by atoms with Gasteiger partial charge in [0.15, 0.2) is 0 Å². The molecule has 0 radical (unpaired) electrons. The van der Waals surface area contributed by atoms with Crippen molar-refractivity contribution < 1.29 is 19.0 Å². The van der Waals surface area contributed by atoms with Crippen LogP contribution >= 0.6 is 0 Å². The molecule has 0 aromatic heterocycles. The molecule has 134 valence electrons. The SMILES string of the molecule is CCOc1ccc(CNC(=O)CCCOc2ccc(OC)cc2)cc1. The molecule has 0 spiro atoms. The van der Waals surface area contributed by atoms with Gasteiger partial charge < -0.3 is 19.5 Å². The first kappa shape index (κ1) is 18.6. The number of carbonyl (C=O) groups excluding carboxylic acids is 1. The number of rotatable bonds is 10. The summed E-state index contributed by atoms with van der Waals surface area (Å²) in [5, 5.41) is 2.91. The zero-order chi connectivity index (χ0) is 17.9. The minimum atomic E-state index is 0.0206. The van der Waals surface area contributed by atoms with E-state index in [4.69, 9.17) is 14.2 Å². The zero-order valence-electron chi connectivity index (χ0n) is 14.8. The second kappa shape index (κ2) is 10.2. The van der Waals surface area contributed by atoms with Gasteiger partial charge in [0.2, 0.25) is 5.91 Å². The number of ether oxygens (including phenoxy) is 3. The average molecular weight is 343 g/mol. The van der Waals surface area contributed by atoms with Crippen LogP contribution in [0.5, 0.6) is 17.2 Å². The monoisotopic (exact) mass is 343 g/mol. The van der Waals surface area contributed by atoms with Crippen LogP contribution in [-0.2, 0) is 11.3 Å². The summed E-state index contributed by atoms with van der Waals surface area (Å²) in [7, 11) is 1.63. The molecule has 0 bridgehead atoms. The Kier molecular flexibility index (Phi) is 7.63. The lowest BCUT2D eigenvalue weighted by molar-refractivity contribution is -0.121. The van der Waals surface area contributed by atoms with Crippen LogP contribution in [0.15, 0.2) is 48.5 Å². The van der Waals surface area contributed by atoms with Crippen LogP contribution in [-0.4, -0.2) is 26.2 Å². The molecular formula is C20H25NO4. The lowest BCUT2D eigenvalue weighted by Crippen LogP contribution is -2.22. The third kappa shape index (κ3) is 6.75. The van der Waals surface area contributed by atoms with Gasteiger partial charge in [-0.1, -0.05) is 12.1 Å². The van der Waals surface area contributed by atoms with Crippen molar-refractivity contribution >= 4 is 5.91 Å². The van der Waals surface area contributed by atoms with Gasteiger partial charge in [-0.15, -0.1) is 0 Å². The quantitative estimate of drug-likeness (QED) is 0.670. The molecule has 25 heavy (non-hydrogen) atoms. The number of hydrogen-bond acceptors (Lipinski definition) is 4. The van der Waals surface area contributed by atoms with Gasteiger partial charge in [0.1, 0.15) is 17.2 Å². The Balaban J connectivity index is 1.61. The molecule has 5 nitrogen and oxygen atoms in total. The predicted molar refractivity (Wildman–Crippen MR) is 97.2 cm³/mol. The van der Waals surface area contributed by atoms with E-state index in [1.807, 2.05) is 55.5 Å². The van der Waals surface area contributed by atoms with Crippen LogP contribution in [0.4, 0.5) is 0 Å². The fraction of sp³-hybridized carbons (Fsp3) is 0.350. The van der Waals surface area contributed by atoms with Crippen molar-refractivity contribution in [2.45, 2.75) is 26.3 Å². The summed E-state index contributed by atoms with van der Waals surface area (Å²) in [6, 6.07) is 15.1. The highest BCUT2D eigenvalue weighted by Gasteiger charge is 2.03. The number of benzene rings is 2. The van der Waals surface area contributed by atoms with Crippen molar-refractivity contribution in [2.75, 3.05) is 20.3 Å².